The number of halogens is 3. The predicted molar refractivity (Wildman–Crippen MR) is 90.4 cm³/mol. The molecule has 2 N–H and O–H groups in total. The minimum atomic E-state index is -0.254. The Labute approximate surface area is 137 Å². The highest BCUT2D eigenvalue weighted by atomic mass is 79.9. The Morgan fingerprint density at radius 2 is 2.00 bits per heavy atom. The van der Waals surface area contributed by atoms with Gasteiger partial charge in [-0.3, -0.25) is 0 Å². The molecule has 0 aliphatic heterocycles. The number of likely N-dealkylation sites (N-methyl/N-ethyl adjacent to an activating group) is 1. The Morgan fingerprint density at radius 1 is 1.29 bits per heavy atom. The van der Waals surface area contributed by atoms with Crippen molar-refractivity contribution < 1.29 is 4.39 Å². The molecule has 0 amide bonds. The van der Waals surface area contributed by atoms with Crippen molar-refractivity contribution in [1.29, 1.82) is 0 Å². The van der Waals surface area contributed by atoms with Crippen molar-refractivity contribution in [3.63, 3.8) is 0 Å². The molecule has 0 radical (unpaired) electrons. The van der Waals surface area contributed by atoms with Crippen molar-refractivity contribution in [2.75, 3.05) is 18.0 Å². The van der Waals surface area contributed by atoms with Crippen molar-refractivity contribution >= 4 is 33.2 Å². The van der Waals surface area contributed by atoms with Gasteiger partial charge in [0.15, 0.2) is 0 Å². The molecule has 0 bridgehead atoms. The van der Waals surface area contributed by atoms with Crippen LogP contribution in [0.15, 0.2) is 46.9 Å². The standard InChI is InChI=1S/C16H17BrClFN2/c1-2-21(15-6-4-3-5-14(15)19)16(10-20)12-9-11(18)7-8-13(12)17/h3-9,16H,2,10,20H2,1H3. The van der Waals surface area contributed by atoms with Gasteiger partial charge in [0.1, 0.15) is 5.82 Å². The summed E-state index contributed by atoms with van der Waals surface area (Å²) < 4.78 is 15.0. The van der Waals surface area contributed by atoms with Crippen LogP contribution in [0.5, 0.6) is 0 Å². The number of nitrogens with two attached hydrogens (primary N) is 1. The molecule has 0 aliphatic rings. The molecular weight excluding hydrogens is 355 g/mol. The van der Waals surface area contributed by atoms with E-state index in [-0.39, 0.29) is 11.9 Å². The van der Waals surface area contributed by atoms with Crippen molar-refractivity contribution in [1.82, 2.24) is 0 Å². The van der Waals surface area contributed by atoms with E-state index in [0.717, 1.165) is 10.0 Å². The van der Waals surface area contributed by atoms with Crippen LogP contribution in [0.2, 0.25) is 5.02 Å². The third-order valence-corrected chi connectivity index (χ3v) is 4.38. The van der Waals surface area contributed by atoms with E-state index in [2.05, 4.69) is 15.9 Å². The Hall–Kier alpha value is -1.10. The first-order valence-electron chi connectivity index (χ1n) is 6.74. The fourth-order valence-corrected chi connectivity index (χ4v) is 3.13. The van der Waals surface area contributed by atoms with Gasteiger partial charge in [-0.1, -0.05) is 39.7 Å². The van der Waals surface area contributed by atoms with Crippen LogP contribution < -0.4 is 10.6 Å². The second-order valence-corrected chi connectivity index (χ2v) is 5.95. The highest BCUT2D eigenvalue weighted by Crippen LogP contribution is 2.33. The van der Waals surface area contributed by atoms with E-state index in [1.165, 1.54) is 6.07 Å². The molecule has 1 unspecified atom stereocenters. The third kappa shape index (κ3) is 3.57. The summed E-state index contributed by atoms with van der Waals surface area (Å²) in [5, 5.41) is 0.635. The molecule has 112 valence electrons. The molecule has 0 saturated carbocycles. The summed E-state index contributed by atoms with van der Waals surface area (Å²) in [6.45, 7) is 2.98. The summed E-state index contributed by atoms with van der Waals surface area (Å²) in [6, 6.07) is 12.1. The van der Waals surface area contributed by atoms with Crippen molar-refractivity contribution in [2.24, 2.45) is 5.73 Å². The van der Waals surface area contributed by atoms with Crippen LogP contribution in [-0.2, 0) is 0 Å². The number of rotatable bonds is 5. The van der Waals surface area contributed by atoms with Crippen LogP contribution in [0, 0.1) is 5.82 Å². The van der Waals surface area contributed by atoms with Gasteiger partial charge < -0.3 is 10.6 Å². The number of hydrogen-bond acceptors (Lipinski definition) is 2. The summed E-state index contributed by atoms with van der Waals surface area (Å²) in [6.07, 6.45) is 0. The van der Waals surface area contributed by atoms with Gasteiger partial charge in [-0.05, 0) is 42.8 Å². The molecule has 1 atom stereocenters. The van der Waals surface area contributed by atoms with Gasteiger partial charge in [-0.2, -0.15) is 0 Å². The molecule has 2 nitrogen and oxygen atoms in total. The molecule has 0 fully saturated rings. The van der Waals surface area contributed by atoms with Gasteiger partial charge >= 0.3 is 0 Å². The second kappa shape index (κ2) is 7.25. The van der Waals surface area contributed by atoms with Gasteiger partial charge in [0.25, 0.3) is 0 Å². The van der Waals surface area contributed by atoms with Gasteiger partial charge in [0, 0.05) is 22.6 Å². The van der Waals surface area contributed by atoms with E-state index >= 15 is 0 Å². The van der Waals surface area contributed by atoms with Crippen LogP contribution in [0.1, 0.15) is 18.5 Å². The number of hydrogen-bond donors (Lipinski definition) is 1. The first kappa shape index (κ1) is 16.3. The van der Waals surface area contributed by atoms with Crippen LogP contribution in [0.4, 0.5) is 10.1 Å². The topological polar surface area (TPSA) is 29.3 Å². The SMILES string of the molecule is CCN(c1ccccc1F)C(CN)c1cc(Cl)ccc1Br. The molecule has 0 aromatic heterocycles. The van der Waals surface area contributed by atoms with Crippen molar-refractivity contribution in [3.8, 4) is 0 Å². The lowest BCUT2D eigenvalue weighted by atomic mass is 10.0. The molecule has 21 heavy (non-hydrogen) atoms. The highest BCUT2D eigenvalue weighted by Gasteiger charge is 2.22. The van der Waals surface area contributed by atoms with Gasteiger partial charge in [-0.25, -0.2) is 4.39 Å². The minimum absolute atomic E-state index is 0.153. The van der Waals surface area contributed by atoms with E-state index < -0.39 is 0 Å². The predicted octanol–water partition coefficient (Wildman–Crippen LogP) is 4.77. The average molecular weight is 372 g/mol. The fourth-order valence-electron chi connectivity index (χ4n) is 2.44. The quantitative estimate of drug-likeness (QED) is 0.820. The van der Waals surface area contributed by atoms with E-state index in [4.69, 9.17) is 17.3 Å². The monoisotopic (exact) mass is 370 g/mol. The lowest BCUT2D eigenvalue weighted by molar-refractivity contribution is 0.587. The molecule has 0 saturated heterocycles. The minimum Gasteiger partial charge on any atom is -0.361 e. The van der Waals surface area contributed by atoms with Crippen LogP contribution in [0.25, 0.3) is 0 Å². The largest absolute Gasteiger partial charge is 0.361 e. The molecule has 5 heteroatoms. The zero-order valence-corrected chi connectivity index (χ0v) is 14.0. The van der Waals surface area contributed by atoms with E-state index in [9.17, 15) is 4.39 Å². The summed E-state index contributed by atoms with van der Waals surface area (Å²) in [7, 11) is 0. The van der Waals surface area contributed by atoms with Crippen molar-refractivity contribution in [2.45, 2.75) is 13.0 Å². The molecular formula is C16H17BrClFN2. The lowest BCUT2D eigenvalue weighted by Gasteiger charge is -2.33. The second-order valence-electron chi connectivity index (χ2n) is 4.65. The maximum absolute atomic E-state index is 14.1. The first-order valence-corrected chi connectivity index (χ1v) is 7.91. The van der Waals surface area contributed by atoms with Crippen LogP contribution >= 0.6 is 27.5 Å². The summed E-state index contributed by atoms with van der Waals surface area (Å²) in [4.78, 5) is 1.95. The van der Waals surface area contributed by atoms with Crippen LogP contribution in [0.3, 0.4) is 0 Å². The number of para-hydroxylation sites is 1. The summed E-state index contributed by atoms with van der Waals surface area (Å²) in [5.74, 6) is -0.254. The molecule has 0 aliphatic carbocycles. The first-order chi connectivity index (χ1) is 10.1. The zero-order valence-electron chi connectivity index (χ0n) is 11.7. The average Bonchev–Trinajstić information content (AvgIpc) is 2.48. The number of anilines is 1. The van der Waals surface area contributed by atoms with Crippen LogP contribution in [-0.4, -0.2) is 13.1 Å². The Balaban J connectivity index is 2.48. The smallest absolute Gasteiger partial charge is 0.146 e. The molecule has 0 heterocycles. The molecule has 0 spiro atoms. The van der Waals surface area contributed by atoms with Crippen molar-refractivity contribution in [3.05, 3.63) is 63.3 Å². The normalized spacial score (nSPS) is 12.2. The van der Waals surface area contributed by atoms with E-state index in [0.29, 0.717) is 23.8 Å². The number of nitrogens with zero attached hydrogens (tertiary/aromatic N) is 1. The molecule has 2 aromatic carbocycles. The Morgan fingerprint density at radius 3 is 2.62 bits per heavy atom. The summed E-state index contributed by atoms with van der Waals surface area (Å²) >= 11 is 9.61. The van der Waals surface area contributed by atoms with Gasteiger partial charge in [-0.15, -0.1) is 0 Å². The fraction of sp³-hybridized carbons (Fsp3) is 0.250. The zero-order chi connectivity index (χ0) is 15.4. The lowest BCUT2D eigenvalue weighted by Crippen LogP contribution is -2.34. The molecule has 2 rings (SSSR count). The van der Waals surface area contributed by atoms with Gasteiger partial charge in [0.2, 0.25) is 0 Å². The van der Waals surface area contributed by atoms with E-state index in [1.807, 2.05) is 36.1 Å². The van der Waals surface area contributed by atoms with Gasteiger partial charge in [0.05, 0.1) is 11.7 Å². The maximum Gasteiger partial charge on any atom is 0.146 e. The number of benzene rings is 2. The molecule has 2 aromatic rings. The van der Waals surface area contributed by atoms with E-state index in [1.54, 1.807) is 12.1 Å². The highest BCUT2D eigenvalue weighted by molar-refractivity contribution is 9.10. The Kier molecular flexibility index (Phi) is 5.62. The maximum atomic E-state index is 14.1. The summed E-state index contributed by atoms with van der Waals surface area (Å²) in [5.41, 5.74) is 7.46. The third-order valence-electron chi connectivity index (χ3n) is 3.42. The Bertz CT molecular complexity index is 621.